The average Bonchev–Trinajstić information content (AvgIpc) is 2.46. The number of amides is 1. The minimum atomic E-state index is -0.157. The van der Waals surface area contributed by atoms with Gasteiger partial charge in [-0.1, -0.05) is 13.8 Å². The Labute approximate surface area is 122 Å². The van der Waals surface area contributed by atoms with Crippen LogP contribution in [0.25, 0.3) is 0 Å². The van der Waals surface area contributed by atoms with Crippen LogP contribution in [0.5, 0.6) is 0 Å². The van der Waals surface area contributed by atoms with Gasteiger partial charge in [0, 0.05) is 30.0 Å². The second kappa shape index (κ2) is 7.00. The van der Waals surface area contributed by atoms with Crippen molar-refractivity contribution < 1.29 is 4.79 Å². The first-order valence-electron chi connectivity index (χ1n) is 6.34. The van der Waals surface area contributed by atoms with E-state index in [2.05, 4.69) is 20.3 Å². The van der Waals surface area contributed by atoms with Crippen LogP contribution in [0.1, 0.15) is 24.3 Å². The number of carbonyl (C=O) groups excluding carboxylic acids is 1. The molecule has 0 saturated heterocycles. The fourth-order valence-corrected chi connectivity index (χ4v) is 2.17. The Bertz CT molecular complexity index is 574. The van der Waals surface area contributed by atoms with Gasteiger partial charge in [0.2, 0.25) is 0 Å². The van der Waals surface area contributed by atoms with E-state index >= 15 is 0 Å². The molecule has 2 aromatic heterocycles. The summed E-state index contributed by atoms with van der Waals surface area (Å²) in [5.41, 5.74) is 0.409. The Hall–Kier alpha value is -1.95. The van der Waals surface area contributed by atoms with Gasteiger partial charge >= 0.3 is 0 Å². The van der Waals surface area contributed by atoms with Crippen LogP contribution in [0, 0.1) is 5.92 Å². The zero-order chi connectivity index (χ0) is 14.4. The maximum atomic E-state index is 11.9. The lowest BCUT2D eigenvalue weighted by molar-refractivity contribution is 0.0944. The number of aromatic nitrogens is 3. The monoisotopic (exact) mass is 288 g/mol. The minimum absolute atomic E-state index is 0.157. The van der Waals surface area contributed by atoms with Gasteiger partial charge in [0.1, 0.15) is 5.69 Å². The minimum Gasteiger partial charge on any atom is -0.350 e. The molecule has 104 valence electrons. The lowest BCUT2D eigenvalue weighted by Gasteiger charge is -2.07. The van der Waals surface area contributed by atoms with E-state index in [0.717, 1.165) is 4.90 Å². The van der Waals surface area contributed by atoms with Crippen molar-refractivity contribution in [2.45, 2.75) is 23.9 Å². The quantitative estimate of drug-likeness (QED) is 0.856. The van der Waals surface area contributed by atoms with E-state index in [1.165, 1.54) is 11.8 Å². The molecule has 0 radical (unpaired) electrons. The highest BCUT2D eigenvalue weighted by Crippen LogP contribution is 2.23. The fourth-order valence-electron chi connectivity index (χ4n) is 1.43. The lowest BCUT2D eigenvalue weighted by Crippen LogP contribution is -2.28. The highest BCUT2D eigenvalue weighted by Gasteiger charge is 2.09. The van der Waals surface area contributed by atoms with E-state index in [9.17, 15) is 4.79 Å². The largest absolute Gasteiger partial charge is 0.350 e. The third kappa shape index (κ3) is 4.31. The zero-order valence-electron chi connectivity index (χ0n) is 11.4. The van der Waals surface area contributed by atoms with Crippen molar-refractivity contribution in [3.8, 4) is 0 Å². The van der Waals surface area contributed by atoms with Gasteiger partial charge in [0.05, 0.1) is 0 Å². The Morgan fingerprint density at radius 1 is 1.25 bits per heavy atom. The summed E-state index contributed by atoms with van der Waals surface area (Å²) in [6, 6.07) is 5.35. The summed E-state index contributed by atoms with van der Waals surface area (Å²) in [4.78, 5) is 25.2. The Morgan fingerprint density at radius 2 is 2.00 bits per heavy atom. The normalized spacial score (nSPS) is 10.6. The molecule has 0 aliphatic carbocycles. The molecule has 0 fully saturated rings. The summed E-state index contributed by atoms with van der Waals surface area (Å²) in [6.45, 7) is 4.74. The van der Waals surface area contributed by atoms with Crippen LogP contribution in [0.4, 0.5) is 0 Å². The van der Waals surface area contributed by atoms with Crippen molar-refractivity contribution >= 4 is 17.7 Å². The topological polar surface area (TPSA) is 67.8 Å². The van der Waals surface area contributed by atoms with Crippen molar-refractivity contribution in [1.82, 2.24) is 20.3 Å². The van der Waals surface area contributed by atoms with E-state index in [0.29, 0.717) is 23.3 Å². The summed E-state index contributed by atoms with van der Waals surface area (Å²) in [5.74, 6) is 0.254. The van der Waals surface area contributed by atoms with E-state index in [-0.39, 0.29) is 5.91 Å². The first-order valence-corrected chi connectivity index (χ1v) is 7.16. The number of nitrogens with zero attached hydrogens (tertiary/aromatic N) is 3. The van der Waals surface area contributed by atoms with Crippen LogP contribution >= 0.6 is 11.8 Å². The molecular formula is C14H16N4OS. The molecule has 20 heavy (non-hydrogen) atoms. The molecule has 0 atom stereocenters. The van der Waals surface area contributed by atoms with Crippen LogP contribution in [0.2, 0.25) is 0 Å². The molecule has 2 rings (SSSR count). The molecule has 1 amide bonds. The summed E-state index contributed by atoms with van der Waals surface area (Å²) in [6.07, 6.45) is 5.00. The van der Waals surface area contributed by atoms with Crippen LogP contribution < -0.4 is 5.32 Å². The third-order valence-corrected chi connectivity index (χ3v) is 3.27. The van der Waals surface area contributed by atoms with Crippen LogP contribution in [-0.2, 0) is 0 Å². The molecule has 0 bridgehead atoms. The van der Waals surface area contributed by atoms with Crippen LogP contribution in [-0.4, -0.2) is 27.4 Å². The fraction of sp³-hybridized carbons (Fsp3) is 0.286. The molecule has 5 nitrogen and oxygen atoms in total. The number of hydrogen-bond acceptors (Lipinski definition) is 5. The van der Waals surface area contributed by atoms with Gasteiger partial charge in [-0.2, -0.15) is 0 Å². The Morgan fingerprint density at radius 3 is 2.70 bits per heavy atom. The number of rotatable bonds is 5. The van der Waals surface area contributed by atoms with Crippen molar-refractivity contribution in [2.75, 3.05) is 6.54 Å². The summed E-state index contributed by atoms with van der Waals surface area (Å²) in [5, 5.41) is 3.49. The average molecular weight is 288 g/mol. The number of carbonyl (C=O) groups is 1. The van der Waals surface area contributed by atoms with Crippen molar-refractivity contribution in [3.63, 3.8) is 0 Å². The summed E-state index contributed by atoms with van der Waals surface area (Å²) in [7, 11) is 0. The molecule has 2 heterocycles. The van der Waals surface area contributed by atoms with Crippen LogP contribution in [0.15, 0.2) is 46.8 Å². The van der Waals surface area contributed by atoms with Gasteiger partial charge in [-0.3, -0.25) is 9.78 Å². The molecule has 0 unspecified atom stereocenters. The molecule has 0 aliphatic rings. The molecule has 6 heteroatoms. The van der Waals surface area contributed by atoms with Crippen molar-refractivity contribution in [3.05, 3.63) is 42.5 Å². The second-order valence-electron chi connectivity index (χ2n) is 4.61. The molecule has 0 aliphatic heterocycles. The molecule has 0 saturated carbocycles. The molecule has 0 spiro atoms. The van der Waals surface area contributed by atoms with Gasteiger partial charge in [-0.05, 0) is 35.9 Å². The number of nitrogens with one attached hydrogen (secondary N) is 1. The molecule has 2 aromatic rings. The summed E-state index contributed by atoms with van der Waals surface area (Å²) >= 11 is 1.40. The lowest BCUT2D eigenvalue weighted by atomic mass is 10.2. The van der Waals surface area contributed by atoms with Crippen molar-refractivity contribution in [2.24, 2.45) is 5.92 Å². The standard InChI is InChI=1S/C14H16N4OS/c1-10(2)9-18-13(19)12-8-11(4-7-15-12)20-14-16-5-3-6-17-14/h3-8,10H,9H2,1-2H3,(H,18,19). The second-order valence-corrected chi connectivity index (χ2v) is 5.65. The molecule has 0 aromatic carbocycles. The van der Waals surface area contributed by atoms with E-state index in [4.69, 9.17) is 0 Å². The SMILES string of the molecule is CC(C)CNC(=O)c1cc(Sc2ncccn2)ccn1. The maximum Gasteiger partial charge on any atom is 0.269 e. The van der Waals surface area contributed by atoms with Crippen LogP contribution in [0.3, 0.4) is 0 Å². The summed E-state index contributed by atoms with van der Waals surface area (Å²) < 4.78 is 0. The predicted octanol–water partition coefficient (Wildman–Crippen LogP) is 2.41. The van der Waals surface area contributed by atoms with E-state index in [1.807, 2.05) is 19.9 Å². The number of hydrogen-bond donors (Lipinski definition) is 1. The van der Waals surface area contributed by atoms with Gasteiger partial charge in [-0.15, -0.1) is 0 Å². The first kappa shape index (κ1) is 14.5. The van der Waals surface area contributed by atoms with Gasteiger partial charge in [0.15, 0.2) is 5.16 Å². The first-order chi connectivity index (χ1) is 9.65. The predicted molar refractivity (Wildman–Crippen MR) is 77.6 cm³/mol. The molecule has 1 N–H and O–H groups in total. The smallest absolute Gasteiger partial charge is 0.269 e. The van der Waals surface area contributed by atoms with Gasteiger partial charge in [-0.25, -0.2) is 9.97 Å². The third-order valence-electron chi connectivity index (χ3n) is 2.39. The van der Waals surface area contributed by atoms with Gasteiger partial charge < -0.3 is 5.32 Å². The highest BCUT2D eigenvalue weighted by atomic mass is 32.2. The zero-order valence-corrected chi connectivity index (χ0v) is 12.2. The highest BCUT2D eigenvalue weighted by molar-refractivity contribution is 7.99. The number of pyridine rings is 1. The van der Waals surface area contributed by atoms with E-state index < -0.39 is 0 Å². The van der Waals surface area contributed by atoms with Crippen molar-refractivity contribution in [1.29, 1.82) is 0 Å². The Balaban J connectivity index is 2.06. The Kier molecular flexibility index (Phi) is 5.06. The van der Waals surface area contributed by atoms with Gasteiger partial charge in [0.25, 0.3) is 5.91 Å². The molecular weight excluding hydrogens is 272 g/mol. The maximum absolute atomic E-state index is 11.9. The van der Waals surface area contributed by atoms with E-state index in [1.54, 1.807) is 30.7 Å².